The van der Waals surface area contributed by atoms with Crippen LogP contribution in [0.25, 0.3) is 0 Å². The van der Waals surface area contributed by atoms with E-state index in [1.807, 2.05) is 37.3 Å². The standard InChI is InChI=1S/C18H27N5O2/c1-11(2)17-19-18(25-21-17)15-7-6-9-22(15)16(24)8-10-23-14(5)12(3)13(4)20-23/h11,15H,6-10H2,1-5H3/t15-/m0/s1. The van der Waals surface area contributed by atoms with Crippen LogP contribution in [-0.4, -0.2) is 37.3 Å². The molecular weight excluding hydrogens is 318 g/mol. The quantitative estimate of drug-likeness (QED) is 0.832. The van der Waals surface area contributed by atoms with Crippen LogP contribution < -0.4 is 0 Å². The van der Waals surface area contributed by atoms with Crippen LogP contribution in [0.15, 0.2) is 4.52 Å². The van der Waals surface area contributed by atoms with Crippen LogP contribution in [0.4, 0.5) is 0 Å². The van der Waals surface area contributed by atoms with Crippen molar-refractivity contribution in [3.63, 3.8) is 0 Å². The molecule has 0 bridgehead atoms. The molecule has 3 rings (SSSR count). The fourth-order valence-corrected chi connectivity index (χ4v) is 3.29. The average molecular weight is 345 g/mol. The minimum absolute atomic E-state index is 0.0882. The van der Waals surface area contributed by atoms with Gasteiger partial charge in [0.1, 0.15) is 6.04 Å². The van der Waals surface area contributed by atoms with E-state index in [0.29, 0.717) is 24.7 Å². The molecule has 1 fully saturated rings. The summed E-state index contributed by atoms with van der Waals surface area (Å²) in [7, 11) is 0. The highest BCUT2D eigenvalue weighted by Gasteiger charge is 2.34. The summed E-state index contributed by atoms with van der Waals surface area (Å²) in [6.45, 7) is 11.5. The number of aryl methyl sites for hydroxylation is 2. The van der Waals surface area contributed by atoms with E-state index >= 15 is 0 Å². The number of rotatable bonds is 5. The van der Waals surface area contributed by atoms with E-state index in [0.717, 1.165) is 30.8 Å². The minimum Gasteiger partial charge on any atom is -0.337 e. The van der Waals surface area contributed by atoms with E-state index in [1.54, 1.807) is 0 Å². The molecule has 0 unspecified atom stereocenters. The number of likely N-dealkylation sites (tertiary alicyclic amines) is 1. The molecule has 0 aromatic carbocycles. The largest absolute Gasteiger partial charge is 0.337 e. The SMILES string of the molecule is Cc1nn(CCC(=O)N2CCC[C@H]2c2nc(C(C)C)no2)c(C)c1C. The maximum atomic E-state index is 12.7. The van der Waals surface area contributed by atoms with E-state index < -0.39 is 0 Å². The summed E-state index contributed by atoms with van der Waals surface area (Å²) >= 11 is 0. The lowest BCUT2D eigenvalue weighted by Crippen LogP contribution is -2.31. The first-order valence-electron chi connectivity index (χ1n) is 9.02. The molecule has 3 heterocycles. The summed E-state index contributed by atoms with van der Waals surface area (Å²) in [5, 5.41) is 8.55. The van der Waals surface area contributed by atoms with Crippen LogP contribution in [0.3, 0.4) is 0 Å². The maximum absolute atomic E-state index is 12.7. The molecule has 0 saturated carbocycles. The normalized spacial score (nSPS) is 17.7. The molecular formula is C18H27N5O2. The number of aromatic nitrogens is 4. The summed E-state index contributed by atoms with van der Waals surface area (Å²) in [6, 6.07) is -0.0882. The minimum atomic E-state index is -0.0882. The van der Waals surface area contributed by atoms with E-state index in [4.69, 9.17) is 4.52 Å². The average Bonchev–Trinajstić information content (AvgIpc) is 3.28. The van der Waals surface area contributed by atoms with Crippen molar-refractivity contribution in [1.82, 2.24) is 24.8 Å². The Morgan fingerprint density at radius 1 is 1.32 bits per heavy atom. The van der Waals surface area contributed by atoms with Gasteiger partial charge in [-0.25, -0.2) is 0 Å². The lowest BCUT2D eigenvalue weighted by molar-refractivity contribution is -0.132. The Kier molecular flexibility index (Phi) is 4.92. The third kappa shape index (κ3) is 3.45. The summed E-state index contributed by atoms with van der Waals surface area (Å²) in [4.78, 5) is 19.1. The lowest BCUT2D eigenvalue weighted by Gasteiger charge is -2.22. The van der Waals surface area contributed by atoms with Crippen molar-refractivity contribution < 1.29 is 9.32 Å². The predicted octanol–water partition coefficient (Wildman–Crippen LogP) is 3.07. The molecule has 0 N–H and O–H groups in total. The van der Waals surface area contributed by atoms with E-state index in [2.05, 4.69) is 22.2 Å². The van der Waals surface area contributed by atoms with Crippen molar-refractivity contribution in [2.75, 3.05) is 6.54 Å². The molecule has 25 heavy (non-hydrogen) atoms. The van der Waals surface area contributed by atoms with Crippen molar-refractivity contribution >= 4 is 5.91 Å². The Balaban J connectivity index is 1.67. The van der Waals surface area contributed by atoms with Crippen LogP contribution in [0.1, 0.15) is 73.7 Å². The predicted molar refractivity (Wildman–Crippen MR) is 93.1 cm³/mol. The first-order valence-corrected chi connectivity index (χ1v) is 9.02. The van der Waals surface area contributed by atoms with Crippen LogP contribution in [0, 0.1) is 20.8 Å². The molecule has 7 heteroatoms. The highest BCUT2D eigenvalue weighted by atomic mass is 16.5. The van der Waals surface area contributed by atoms with Gasteiger partial charge in [-0.3, -0.25) is 9.48 Å². The summed E-state index contributed by atoms with van der Waals surface area (Å²) < 4.78 is 7.35. The summed E-state index contributed by atoms with van der Waals surface area (Å²) in [5.41, 5.74) is 3.34. The number of carbonyl (C=O) groups excluding carboxylic acids is 1. The van der Waals surface area contributed by atoms with Gasteiger partial charge in [-0.1, -0.05) is 19.0 Å². The molecule has 1 saturated heterocycles. The number of hydrogen-bond donors (Lipinski definition) is 0. The molecule has 2 aromatic rings. The molecule has 1 atom stereocenters. The Hall–Kier alpha value is -2.18. The van der Waals surface area contributed by atoms with Crippen molar-refractivity contribution in [2.45, 2.75) is 72.4 Å². The monoisotopic (exact) mass is 345 g/mol. The molecule has 0 aliphatic carbocycles. The Morgan fingerprint density at radius 3 is 2.68 bits per heavy atom. The van der Waals surface area contributed by atoms with Gasteiger partial charge in [0.05, 0.1) is 5.69 Å². The second kappa shape index (κ2) is 6.98. The molecule has 2 aromatic heterocycles. The molecule has 0 radical (unpaired) electrons. The molecule has 0 spiro atoms. The molecule has 1 aliphatic heterocycles. The van der Waals surface area contributed by atoms with Gasteiger partial charge >= 0.3 is 0 Å². The Bertz CT molecular complexity index is 762. The van der Waals surface area contributed by atoms with Crippen LogP contribution in [-0.2, 0) is 11.3 Å². The van der Waals surface area contributed by atoms with Crippen LogP contribution in [0.2, 0.25) is 0 Å². The Labute approximate surface area is 148 Å². The highest BCUT2D eigenvalue weighted by molar-refractivity contribution is 5.76. The van der Waals surface area contributed by atoms with Crippen molar-refractivity contribution in [3.05, 3.63) is 28.7 Å². The summed E-state index contributed by atoms with van der Waals surface area (Å²) in [5.74, 6) is 1.61. The van der Waals surface area contributed by atoms with E-state index in [-0.39, 0.29) is 17.9 Å². The number of nitrogens with zero attached hydrogens (tertiary/aromatic N) is 5. The first kappa shape index (κ1) is 17.6. The zero-order valence-electron chi connectivity index (χ0n) is 15.7. The number of amides is 1. The number of hydrogen-bond acceptors (Lipinski definition) is 5. The van der Waals surface area contributed by atoms with Gasteiger partial charge in [0.2, 0.25) is 11.8 Å². The van der Waals surface area contributed by atoms with Gasteiger partial charge in [0.15, 0.2) is 5.82 Å². The van der Waals surface area contributed by atoms with Crippen LogP contribution >= 0.6 is 0 Å². The van der Waals surface area contributed by atoms with E-state index in [1.165, 1.54) is 5.56 Å². The van der Waals surface area contributed by atoms with Crippen molar-refractivity contribution in [1.29, 1.82) is 0 Å². The molecule has 1 aliphatic rings. The highest BCUT2D eigenvalue weighted by Crippen LogP contribution is 2.32. The van der Waals surface area contributed by atoms with Gasteiger partial charge in [-0.05, 0) is 39.2 Å². The first-order chi connectivity index (χ1) is 11.9. The van der Waals surface area contributed by atoms with E-state index in [9.17, 15) is 4.79 Å². The van der Waals surface area contributed by atoms with Crippen molar-refractivity contribution in [3.8, 4) is 0 Å². The fourth-order valence-electron chi connectivity index (χ4n) is 3.29. The third-order valence-corrected chi connectivity index (χ3v) is 5.11. The van der Waals surface area contributed by atoms with Gasteiger partial charge in [-0.15, -0.1) is 0 Å². The maximum Gasteiger partial charge on any atom is 0.249 e. The van der Waals surface area contributed by atoms with Gasteiger partial charge in [-0.2, -0.15) is 10.1 Å². The third-order valence-electron chi connectivity index (χ3n) is 5.11. The van der Waals surface area contributed by atoms with Crippen LogP contribution in [0.5, 0.6) is 0 Å². The van der Waals surface area contributed by atoms with Gasteiger partial charge in [0, 0.05) is 31.1 Å². The molecule has 136 valence electrons. The zero-order chi connectivity index (χ0) is 18.1. The Morgan fingerprint density at radius 2 is 2.08 bits per heavy atom. The second-order valence-electron chi connectivity index (χ2n) is 7.16. The zero-order valence-corrected chi connectivity index (χ0v) is 15.7. The number of carbonyl (C=O) groups is 1. The molecule has 7 nitrogen and oxygen atoms in total. The van der Waals surface area contributed by atoms with Gasteiger partial charge in [0.25, 0.3) is 0 Å². The second-order valence-corrected chi connectivity index (χ2v) is 7.16. The summed E-state index contributed by atoms with van der Waals surface area (Å²) in [6.07, 6.45) is 2.28. The van der Waals surface area contributed by atoms with Crippen molar-refractivity contribution in [2.24, 2.45) is 0 Å². The van der Waals surface area contributed by atoms with Gasteiger partial charge < -0.3 is 9.42 Å². The molecule has 1 amide bonds. The topological polar surface area (TPSA) is 77.1 Å². The lowest BCUT2D eigenvalue weighted by atomic mass is 10.2. The smallest absolute Gasteiger partial charge is 0.249 e. The fraction of sp³-hybridized carbons (Fsp3) is 0.667.